The molecule has 0 aliphatic heterocycles. The van der Waals surface area contributed by atoms with Crippen LogP contribution >= 0.6 is 0 Å². The Bertz CT molecular complexity index is 572. The fourth-order valence-electron chi connectivity index (χ4n) is 5.46. The van der Waals surface area contributed by atoms with E-state index in [9.17, 15) is 4.79 Å². The Balaban J connectivity index is 1.58. The number of carbonyl (C=O) groups excluding carboxylic acids is 1. The molecule has 5 heteroatoms. The largest absolute Gasteiger partial charge is 0.345 e. The average Bonchev–Trinajstić information content (AvgIpc) is 2.66. The van der Waals surface area contributed by atoms with Gasteiger partial charge in [-0.05, 0) is 63.4 Å². The van der Waals surface area contributed by atoms with Gasteiger partial charge < -0.3 is 11.1 Å². The minimum Gasteiger partial charge on any atom is -0.345 e. The first-order chi connectivity index (χ1) is 9.86. The van der Waals surface area contributed by atoms with Crippen LogP contribution in [0.2, 0.25) is 0 Å². The molecule has 4 fully saturated rings. The van der Waals surface area contributed by atoms with Gasteiger partial charge in [-0.15, -0.1) is 0 Å². The minimum absolute atomic E-state index is 0.0377. The Labute approximate surface area is 125 Å². The minimum atomic E-state index is -0.0820. The Morgan fingerprint density at radius 2 is 2.05 bits per heavy atom. The highest BCUT2D eigenvalue weighted by Crippen LogP contribution is 2.56. The van der Waals surface area contributed by atoms with Crippen molar-refractivity contribution in [3.05, 3.63) is 17.5 Å². The van der Waals surface area contributed by atoms with Crippen molar-refractivity contribution < 1.29 is 4.79 Å². The smallest absolute Gasteiger partial charge is 0.272 e. The van der Waals surface area contributed by atoms with E-state index in [1.807, 2.05) is 20.0 Å². The molecule has 0 spiro atoms. The molecule has 1 aromatic heterocycles. The Hall–Kier alpha value is -1.36. The normalized spacial score (nSPS) is 40.5. The van der Waals surface area contributed by atoms with Gasteiger partial charge in [0.1, 0.15) is 5.69 Å². The highest BCUT2D eigenvalue weighted by Gasteiger charge is 2.56. The third-order valence-corrected chi connectivity index (χ3v) is 5.83. The second kappa shape index (κ2) is 4.09. The summed E-state index contributed by atoms with van der Waals surface area (Å²) in [7, 11) is 1.87. The van der Waals surface area contributed by atoms with Crippen LogP contribution in [0, 0.1) is 18.8 Å². The molecule has 2 unspecified atom stereocenters. The number of nitrogens with zero attached hydrogens (tertiary/aromatic N) is 2. The van der Waals surface area contributed by atoms with Gasteiger partial charge in [0.25, 0.3) is 5.91 Å². The van der Waals surface area contributed by atoms with Gasteiger partial charge in [0.15, 0.2) is 0 Å². The predicted octanol–water partition coefficient (Wildman–Crippen LogP) is 1.51. The first kappa shape index (κ1) is 13.3. The van der Waals surface area contributed by atoms with Crippen LogP contribution in [0.25, 0.3) is 0 Å². The lowest BCUT2D eigenvalue weighted by Gasteiger charge is -2.61. The van der Waals surface area contributed by atoms with Crippen molar-refractivity contribution in [2.45, 2.75) is 56.5 Å². The van der Waals surface area contributed by atoms with Gasteiger partial charge in [-0.25, -0.2) is 0 Å². The molecule has 4 bridgehead atoms. The lowest BCUT2D eigenvalue weighted by atomic mass is 9.50. The van der Waals surface area contributed by atoms with Gasteiger partial charge in [0.05, 0.1) is 0 Å². The quantitative estimate of drug-likeness (QED) is 0.866. The molecule has 1 aromatic rings. The second-order valence-electron chi connectivity index (χ2n) is 7.85. The maximum absolute atomic E-state index is 12.6. The monoisotopic (exact) mass is 288 g/mol. The molecule has 0 radical (unpaired) electrons. The van der Waals surface area contributed by atoms with Gasteiger partial charge in [-0.1, -0.05) is 0 Å². The molecule has 3 N–H and O–H groups in total. The van der Waals surface area contributed by atoms with Crippen LogP contribution in [0.1, 0.15) is 54.7 Å². The Kier molecular flexibility index (Phi) is 2.60. The van der Waals surface area contributed by atoms with Crippen LogP contribution in [-0.4, -0.2) is 26.8 Å². The first-order valence-corrected chi connectivity index (χ1v) is 7.99. The Morgan fingerprint density at radius 1 is 1.38 bits per heavy atom. The number of carbonyl (C=O) groups is 1. The molecule has 0 saturated heterocycles. The van der Waals surface area contributed by atoms with Gasteiger partial charge in [-0.3, -0.25) is 9.48 Å². The fraction of sp³-hybridized carbons (Fsp3) is 0.750. The standard InChI is InChI=1S/C16H24N4O/c1-10-3-13(19-20(10)2)14(21)18-16-7-11-4-12(8-16)6-15(17,5-11)9-16/h3,11-12H,4-9,17H2,1-2H3,(H,18,21). The molecule has 2 atom stereocenters. The number of aryl methyl sites for hydroxylation is 2. The van der Waals surface area contributed by atoms with Crippen molar-refractivity contribution in [1.82, 2.24) is 15.1 Å². The molecular weight excluding hydrogens is 264 g/mol. The summed E-state index contributed by atoms with van der Waals surface area (Å²) in [6.07, 6.45) is 6.72. The van der Waals surface area contributed by atoms with Gasteiger partial charge in [0.2, 0.25) is 0 Å². The van der Waals surface area contributed by atoms with Crippen LogP contribution in [0.15, 0.2) is 6.07 Å². The highest BCUT2D eigenvalue weighted by molar-refractivity contribution is 5.93. The molecule has 0 aromatic carbocycles. The zero-order valence-corrected chi connectivity index (χ0v) is 12.9. The lowest BCUT2D eigenvalue weighted by molar-refractivity contribution is -0.0321. The summed E-state index contributed by atoms with van der Waals surface area (Å²) in [6.45, 7) is 1.96. The van der Waals surface area contributed by atoms with E-state index < -0.39 is 0 Å². The van der Waals surface area contributed by atoms with Crippen molar-refractivity contribution in [3.8, 4) is 0 Å². The van der Waals surface area contributed by atoms with Crippen molar-refractivity contribution in [3.63, 3.8) is 0 Å². The zero-order valence-electron chi connectivity index (χ0n) is 12.9. The summed E-state index contributed by atoms with van der Waals surface area (Å²) in [5, 5.41) is 7.61. The fourth-order valence-corrected chi connectivity index (χ4v) is 5.46. The molecule has 21 heavy (non-hydrogen) atoms. The molecule has 114 valence electrons. The summed E-state index contributed by atoms with van der Waals surface area (Å²) in [5.41, 5.74) is 7.98. The summed E-state index contributed by atoms with van der Waals surface area (Å²) >= 11 is 0. The average molecular weight is 288 g/mol. The van der Waals surface area contributed by atoms with E-state index in [0.717, 1.165) is 37.8 Å². The maximum Gasteiger partial charge on any atom is 0.272 e. The van der Waals surface area contributed by atoms with Crippen LogP contribution < -0.4 is 11.1 Å². The molecule has 1 amide bonds. The summed E-state index contributed by atoms with van der Waals surface area (Å²) in [4.78, 5) is 12.6. The summed E-state index contributed by atoms with van der Waals surface area (Å²) < 4.78 is 1.75. The van der Waals surface area contributed by atoms with Gasteiger partial charge >= 0.3 is 0 Å². The van der Waals surface area contributed by atoms with Gasteiger partial charge in [-0.2, -0.15) is 5.10 Å². The first-order valence-electron chi connectivity index (χ1n) is 7.99. The number of hydrogen-bond acceptors (Lipinski definition) is 3. The Morgan fingerprint density at radius 3 is 2.57 bits per heavy atom. The molecule has 4 aliphatic rings. The van der Waals surface area contributed by atoms with E-state index in [1.165, 1.54) is 6.42 Å². The van der Waals surface area contributed by atoms with Crippen LogP contribution in [0.3, 0.4) is 0 Å². The molecule has 4 aliphatic carbocycles. The van der Waals surface area contributed by atoms with E-state index in [-0.39, 0.29) is 17.0 Å². The number of hydrogen-bond donors (Lipinski definition) is 2. The van der Waals surface area contributed by atoms with Crippen molar-refractivity contribution in [2.75, 3.05) is 0 Å². The summed E-state index contributed by atoms with van der Waals surface area (Å²) in [6, 6.07) is 1.86. The van der Waals surface area contributed by atoms with Crippen molar-refractivity contribution in [2.24, 2.45) is 24.6 Å². The van der Waals surface area contributed by atoms with Crippen LogP contribution in [0.4, 0.5) is 0 Å². The number of rotatable bonds is 2. The number of nitrogens with one attached hydrogen (secondary N) is 1. The van der Waals surface area contributed by atoms with E-state index in [4.69, 9.17) is 5.73 Å². The molecule has 4 saturated carbocycles. The maximum atomic E-state index is 12.6. The molecule has 1 heterocycles. The third-order valence-electron chi connectivity index (χ3n) is 5.83. The SMILES string of the molecule is Cc1cc(C(=O)NC23CC4CC(CC(N)(C4)C2)C3)nn1C. The van der Waals surface area contributed by atoms with Crippen molar-refractivity contribution in [1.29, 1.82) is 0 Å². The van der Waals surface area contributed by atoms with Crippen molar-refractivity contribution >= 4 is 5.91 Å². The number of nitrogens with two attached hydrogens (primary N) is 1. The third kappa shape index (κ3) is 2.09. The highest BCUT2D eigenvalue weighted by atomic mass is 16.2. The van der Waals surface area contributed by atoms with E-state index in [1.54, 1.807) is 4.68 Å². The number of amides is 1. The number of aromatic nitrogens is 2. The van der Waals surface area contributed by atoms with E-state index >= 15 is 0 Å². The topological polar surface area (TPSA) is 72.9 Å². The second-order valence-corrected chi connectivity index (χ2v) is 7.85. The van der Waals surface area contributed by atoms with E-state index in [2.05, 4.69) is 10.4 Å². The van der Waals surface area contributed by atoms with E-state index in [0.29, 0.717) is 17.5 Å². The lowest BCUT2D eigenvalue weighted by Crippen LogP contribution is -2.68. The molecule has 5 rings (SSSR count). The predicted molar refractivity (Wildman–Crippen MR) is 79.7 cm³/mol. The summed E-state index contributed by atoms with van der Waals surface area (Å²) in [5.74, 6) is 1.35. The van der Waals surface area contributed by atoms with Crippen LogP contribution in [-0.2, 0) is 7.05 Å². The van der Waals surface area contributed by atoms with Gasteiger partial charge in [0, 0.05) is 23.8 Å². The molecular formula is C16H24N4O. The van der Waals surface area contributed by atoms with Crippen LogP contribution in [0.5, 0.6) is 0 Å². The molecule has 5 nitrogen and oxygen atoms in total. The zero-order chi connectivity index (χ0) is 14.8.